The fourth-order valence-electron chi connectivity index (χ4n) is 12.6. The monoisotopic (exact) mass is 1700 g/mol. The summed E-state index contributed by atoms with van der Waals surface area (Å²) in [6.45, 7) is 42.1. The summed E-state index contributed by atoms with van der Waals surface area (Å²) in [5.74, 6) is -1.22. The van der Waals surface area contributed by atoms with E-state index in [2.05, 4.69) is 118 Å². The van der Waals surface area contributed by atoms with Crippen LogP contribution in [-0.4, -0.2) is 90.3 Å². The average Bonchev–Trinajstić information content (AvgIpc) is 0.994. The highest BCUT2D eigenvalue weighted by Gasteiger charge is 2.30. The second-order valence-corrected chi connectivity index (χ2v) is 36.1. The second-order valence-electron chi connectivity index (χ2n) is 33.2. The van der Waals surface area contributed by atoms with Gasteiger partial charge in [0.15, 0.2) is 0 Å². The maximum Gasteiger partial charge on any atom is 0.328 e. The molecule has 0 aliphatic carbocycles. The quantitative estimate of drug-likeness (QED) is 0.0132. The van der Waals surface area contributed by atoms with Gasteiger partial charge < -0.3 is 39.4 Å². The van der Waals surface area contributed by atoms with Crippen molar-refractivity contribution in [3.05, 3.63) is 243 Å². The average molecular weight is 1710 g/mol. The first-order chi connectivity index (χ1) is 56.3. The number of benzene rings is 5. The molecule has 0 spiro atoms. The normalized spacial score (nSPS) is 12.6. The SMILES string of the molecule is CCCCOc1c(C)cc(C(C)(C)C)cc1-c1ccsc1/C=C/C(C)=C/C(=O)O.CCc1cc(-c2ccccc2/C=C/C(C)=C/C(=O)O)c(OCC(F)F)c(C(C)(C)C)c1.CCc1cc(-c2ccsc2/C=C/C(C)=C/C(=O)O)c(OCC(F)F)c(C(C)(C)C)c1.CCc1cc(-c2ccsc2/C=C/C(C)=C/C(=O)O)c(OCCCF)c(C(C)(C)C)c1. The lowest BCUT2D eigenvalue weighted by Gasteiger charge is -2.26. The number of halogens is 5. The highest BCUT2D eigenvalue weighted by molar-refractivity contribution is 7.12. The molecular weight excluding hydrogens is 1580 g/mol. The number of aryl methyl sites for hydroxylation is 4. The number of thiophene rings is 3. The van der Waals surface area contributed by atoms with Crippen molar-refractivity contribution in [1.29, 1.82) is 0 Å². The van der Waals surface area contributed by atoms with E-state index >= 15 is 0 Å². The molecule has 0 aliphatic heterocycles. The molecule has 0 amide bonds. The zero-order chi connectivity index (χ0) is 89.6. The minimum atomic E-state index is -2.58. The molecule has 0 aliphatic rings. The molecule has 0 atom stereocenters. The van der Waals surface area contributed by atoms with Crippen LogP contribution in [0.1, 0.15) is 222 Å². The number of aliphatic carboxylic acids is 4. The van der Waals surface area contributed by atoms with Crippen molar-refractivity contribution in [2.45, 2.75) is 218 Å². The summed E-state index contributed by atoms with van der Waals surface area (Å²) in [4.78, 5) is 46.5. The van der Waals surface area contributed by atoms with E-state index in [9.17, 15) is 41.1 Å². The molecule has 0 radical (unpaired) electrons. The van der Waals surface area contributed by atoms with Crippen LogP contribution in [0.2, 0.25) is 0 Å². The summed E-state index contributed by atoms with van der Waals surface area (Å²) in [5, 5.41) is 41.7. The number of carboxylic acids is 4. The molecule has 646 valence electrons. The Labute approximate surface area is 720 Å². The predicted octanol–water partition coefficient (Wildman–Crippen LogP) is 28.2. The first kappa shape index (κ1) is 100. The van der Waals surface area contributed by atoms with Crippen LogP contribution in [0.5, 0.6) is 23.0 Å². The first-order valence-electron chi connectivity index (χ1n) is 40.4. The van der Waals surface area contributed by atoms with Gasteiger partial charge in [-0.1, -0.05) is 196 Å². The third kappa shape index (κ3) is 31.8. The summed E-state index contributed by atoms with van der Waals surface area (Å²) >= 11 is 4.74. The topological polar surface area (TPSA) is 186 Å². The fraction of sp³-hybridized carbons (Fsp3) is 0.380. The Balaban J connectivity index is 0.000000285. The van der Waals surface area contributed by atoms with E-state index in [1.807, 2.05) is 137 Å². The second kappa shape index (κ2) is 47.2. The molecule has 120 heavy (non-hydrogen) atoms. The summed E-state index contributed by atoms with van der Waals surface area (Å²) < 4.78 is 88.4. The van der Waals surface area contributed by atoms with Crippen molar-refractivity contribution in [2.24, 2.45) is 0 Å². The highest BCUT2D eigenvalue weighted by Crippen LogP contribution is 2.48. The summed E-state index contributed by atoms with van der Waals surface area (Å²) in [6.07, 6.45) is 19.2. The number of unbranched alkanes of at least 4 members (excludes halogenated alkanes) is 1. The van der Waals surface area contributed by atoms with Crippen LogP contribution in [0.25, 0.3) is 68.8 Å². The molecular formula is C100H121F5O12S3. The van der Waals surface area contributed by atoms with Gasteiger partial charge in [-0.15, -0.1) is 34.0 Å². The first-order valence-corrected chi connectivity index (χ1v) is 43.0. The lowest BCUT2D eigenvalue weighted by Crippen LogP contribution is -2.17. The molecule has 3 aromatic heterocycles. The van der Waals surface area contributed by atoms with Gasteiger partial charge in [0.1, 0.15) is 36.2 Å². The molecule has 0 saturated heterocycles. The van der Waals surface area contributed by atoms with Crippen LogP contribution in [0.15, 0.2) is 178 Å². The molecule has 8 aromatic rings. The number of rotatable bonds is 33. The fourth-order valence-corrected chi connectivity index (χ4v) is 15.0. The van der Waals surface area contributed by atoms with Crippen molar-refractivity contribution >= 4 is 82.2 Å². The number of ether oxygens (including phenoxy) is 4. The van der Waals surface area contributed by atoms with E-state index in [-0.39, 0.29) is 21.7 Å². The lowest BCUT2D eigenvalue weighted by atomic mass is 9.82. The number of hydrogen-bond acceptors (Lipinski definition) is 11. The van der Waals surface area contributed by atoms with Crippen LogP contribution in [0.3, 0.4) is 0 Å². The molecule has 0 saturated carbocycles. The van der Waals surface area contributed by atoms with Crippen LogP contribution in [-0.2, 0) is 60.1 Å². The van der Waals surface area contributed by atoms with E-state index in [0.29, 0.717) is 53.4 Å². The summed E-state index contributed by atoms with van der Waals surface area (Å²) in [5.41, 5.74) is 18.9. The third-order valence-corrected chi connectivity index (χ3v) is 21.5. The molecule has 4 N–H and O–H groups in total. The van der Waals surface area contributed by atoms with Crippen LogP contribution >= 0.6 is 34.0 Å². The van der Waals surface area contributed by atoms with E-state index in [4.69, 9.17) is 39.4 Å². The van der Waals surface area contributed by atoms with Crippen LogP contribution in [0, 0.1) is 6.92 Å². The van der Waals surface area contributed by atoms with Crippen molar-refractivity contribution in [3.8, 4) is 67.5 Å². The Kier molecular flexibility index (Phi) is 39.5. The van der Waals surface area contributed by atoms with Crippen molar-refractivity contribution in [1.82, 2.24) is 0 Å². The Bertz CT molecular complexity index is 5020. The smallest absolute Gasteiger partial charge is 0.328 e. The van der Waals surface area contributed by atoms with E-state index in [1.54, 1.807) is 68.6 Å². The Morgan fingerprint density at radius 3 is 1.05 bits per heavy atom. The van der Waals surface area contributed by atoms with Crippen molar-refractivity contribution in [2.75, 3.05) is 33.1 Å². The number of carboxylic acid groups (broad SMARTS) is 4. The minimum Gasteiger partial charge on any atom is -0.493 e. The molecule has 5 aromatic carbocycles. The van der Waals surface area contributed by atoms with Gasteiger partial charge in [0.2, 0.25) is 0 Å². The zero-order valence-electron chi connectivity index (χ0n) is 73.4. The maximum atomic E-state index is 13.0. The Morgan fingerprint density at radius 2 is 0.725 bits per heavy atom. The highest BCUT2D eigenvalue weighted by atomic mass is 32.1. The largest absolute Gasteiger partial charge is 0.493 e. The molecule has 8 rings (SSSR count). The third-order valence-electron chi connectivity index (χ3n) is 18.8. The molecule has 0 unspecified atom stereocenters. The molecule has 0 fully saturated rings. The molecule has 3 heterocycles. The molecule has 12 nitrogen and oxygen atoms in total. The van der Waals surface area contributed by atoms with Crippen molar-refractivity contribution in [3.63, 3.8) is 0 Å². The number of hydrogen-bond donors (Lipinski definition) is 4. The lowest BCUT2D eigenvalue weighted by molar-refractivity contribution is -0.132. The van der Waals surface area contributed by atoms with Gasteiger partial charge in [-0.2, -0.15) is 0 Å². The van der Waals surface area contributed by atoms with Gasteiger partial charge in [-0.05, 0) is 220 Å². The minimum absolute atomic E-state index is 0.0360. The standard InChI is InChI=1S/C26H30F2O3.C25H31FO3S.C25H32O3S.C24H28F2O3S/c1-6-18-14-21(25(31-16-23(27)28)22(15-18)26(3,4)5)20-10-8-7-9-19(20)12-11-17(2)13-24(29)30;1-6-18-15-20(24(29-12-7-11-26)21(16-18)25(3,4)5)19-10-13-30-22(19)9-8-17(2)14-23(27)28;1-7-8-12-28-24-18(3)15-19(25(4,5)6)16-21(24)20-11-13-29-22(20)10-9-17(2)14-23(26)27;1-6-16-12-18(23(29-14-21(25)26)19(13-16)24(3,4)5)17-9-10-30-20(17)8-7-15(2)11-22(27)28/h7-15,23H,6,16H2,1-5H3,(H,29,30);8-10,13-16H,6-7,11-12H2,1-5H3,(H,27,28);9-11,13-16H,7-8,12H2,1-6H3,(H,26,27);7-13,21H,6,14H2,1-5H3,(H,27,28)/b12-11+,17-13+;9-8+,17-14+;10-9+,17-14+;8-7+,15-11+. The van der Waals surface area contributed by atoms with Crippen LogP contribution < -0.4 is 18.9 Å². The number of carbonyl (C=O) groups is 4. The van der Waals surface area contributed by atoms with Gasteiger partial charge >= 0.3 is 23.9 Å². The van der Waals surface area contributed by atoms with Gasteiger partial charge in [0, 0.05) is 101 Å². The maximum absolute atomic E-state index is 13.0. The summed E-state index contributed by atoms with van der Waals surface area (Å²) in [7, 11) is 0. The summed E-state index contributed by atoms with van der Waals surface area (Å²) in [6, 6.07) is 30.6. The number of allylic oxidation sites excluding steroid dienone is 8. The van der Waals surface area contributed by atoms with Gasteiger partial charge in [-0.25, -0.2) is 36.7 Å². The van der Waals surface area contributed by atoms with Gasteiger partial charge in [-0.3, -0.25) is 4.39 Å². The Morgan fingerprint density at radius 1 is 0.400 bits per heavy atom. The van der Waals surface area contributed by atoms with E-state index < -0.39 is 56.6 Å². The molecule has 0 bridgehead atoms. The number of alkyl halides is 5. The van der Waals surface area contributed by atoms with Gasteiger partial charge in [0.05, 0.1) is 19.9 Å². The zero-order valence-corrected chi connectivity index (χ0v) is 75.9. The predicted molar refractivity (Wildman–Crippen MR) is 490 cm³/mol. The van der Waals surface area contributed by atoms with Crippen LogP contribution in [0.4, 0.5) is 22.0 Å². The molecule has 20 heteroatoms. The van der Waals surface area contributed by atoms with Gasteiger partial charge in [0.25, 0.3) is 12.9 Å². The van der Waals surface area contributed by atoms with E-state index in [1.165, 1.54) is 34.6 Å². The van der Waals surface area contributed by atoms with Crippen molar-refractivity contribution < 1.29 is 80.5 Å². The van der Waals surface area contributed by atoms with E-state index in [0.717, 1.165) is 154 Å². The Hall–Kier alpha value is -10.2.